The predicted octanol–water partition coefficient (Wildman–Crippen LogP) is 2.15. The number of hydrogen-bond donors (Lipinski definition) is 0. The molecule has 0 aromatic carbocycles. The van der Waals surface area contributed by atoms with Gasteiger partial charge >= 0.3 is 0 Å². The number of carbonyl (C=O) groups excluding carboxylic acids is 1. The molecule has 2 aromatic heterocycles. The van der Waals surface area contributed by atoms with Crippen molar-refractivity contribution in [3.63, 3.8) is 0 Å². The van der Waals surface area contributed by atoms with Crippen molar-refractivity contribution in [3.8, 4) is 6.07 Å². The van der Waals surface area contributed by atoms with Crippen LogP contribution in [0.3, 0.4) is 0 Å². The molecule has 1 saturated carbocycles. The summed E-state index contributed by atoms with van der Waals surface area (Å²) in [6, 6.07) is 5.36. The van der Waals surface area contributed by atoms with Crippen molar-refractivity contribution in [1.82, 2.24) is 20.1 Å². The first-order chi connectivity index (χ1) is 12.0. The fraction of sp³-hybridized carbons (Fsp3) is 0.500. The van der Waals surface area contributed by atoms with Crippen LogP contribution in [-0.4, -0.2) is 39.1 Å². The molecule has 0 spiro atoms. The summed E-state index contributed by atoms with van der Waals surface area (Å²) in [5, 5.41) is 17.3. The maximum absolute atomic E-state index is 12.9. The van der Waals surface area contributed by atoms with E-state index < -0.39 is 0 Å². The van der Waals surface area contributed by atoms with Crippen molar-refractivity contribution in [2.24, 2.45) is 5.92 Å². The smallest absolute Gasteiger partial charge is 0.272 e. The standard InChI is InChI=1S/C18H19N5O2/c1-11-13(8-19)5-6-15(20-11)16(24)23-9-14-4-3-7-18(14,10-23)17-22-21-12(2)25-17/h5-6,14H,3-4,7,9-10H2,1-2H3/t14-,18-/m0/s1. The second-order valence-electron chi connectivity index (χ2n) is 7.00. The molecule has 2 fully saturated rings. The molecule has 1 aliphatic carbocycles. The first kappa shape index (κ1) is 15.8. The molecule has 0 N–H and O–H groups in total. The van der Waals surface area contributed by atoms with E-state index >= 15 is 0 Å². The van der Waals surface area contributed by atoms with E-state index in [0.717, 1.165) is 19.3 Å². The SMILES string of the molecule is Cc1nnc([C@]23CCC[C@H]2CN(C(=O)c2ccc(C#N)c(C)n2)C3)o1. The molecule has 4 rings (SSSR count). The second-order valence-corrected chi connectivity index (χ2v) is 7.00. The highest BCUT2D eigenvalue weighted by Crippen LogP contribution is 2.50. The maximum Gasteiger partial charge on any atom is 0.272 e. The van der Waals surface area contributed by atoms with E-state index in [9.17, 15) is 4.79 Å². The Morgan fingerprint density at radius 2 is 2.24 bits per heavy atom. The minimum absolute atomic E-state index is 0.0994. The number of hydrogen-bond acceptors (Lipinski definition) is 6. The molecule has 0 unspecified atom stereocenters. The third kappa shape index (κ3) is 2.40. The third-order valence-corrected chi connectivity index (χ3v) is 5.54. The van der Waals surface area contributed by atoms with Gasteiger partial charge in [-0.3, -0.25) is 4.79 Å². The molecule has 25 heavy (non-hydrogen) atoms. The highest BCUT2D eigenvalue weighted by Gasteiger charge is 2.55. The van der Waals surface area contributed by atoms with E-state index in [1.807, 2.05) is 4.90 Å². The van der Waals surface area contributed by atoms with Crippen LogP contribution < -0.4 is 0 Å². The minimum Gasteiger partial charge on any atom is -0.425 e. The number of nitriles is 1. The predicted molar refractivity (Wildman–Crippen MR) is 87.6 cm³/mol. The summed E-state index contributed by atoms with van der Waals surface area (Å²) in [6.07, 6.45) is 3.14. The lowest BCUT2D eigenvalue weighted by Gasteiger charge is -2.24. The first-order valence-electron chi connectivity index (χ1n) is 8.51. The maximum atomic E-state index is 12.9. The Morgan fingerprint density at radius 3 is 2.92 bits per heavy atom. The van der Waals surface area contributed by atoms with Gasteiger partial charge in [-0.25, -0.2) is 4.98 Å². The van der Waals surface area contributed by atoms with Crippen molar-refractivity contribution in [1.29, 1.82) is 5.26 Å². The quantitative estimate of drug-likeness (QED) is 0.833. The van der Waals surface area contributed by atoms with Crippen LogP contribution in [0.25, 0.3) is 0 Å². The number of aryl methyl sites for hydroxylation is 2. The summed E-state index contributed by atoms with van der Waals surface area (Å²) in [5.41, 5.74) is 1.23. The van der Waals surface area contributed by atoms with Gasteiger partial charge in [-0.2, -0.15) is 5.26 Å². The van der Waals surface area contributed by atoms with Gasteiger partial charge in [0.15, 0.2) is 0 Å². The molecule has 7 heteroatoms. The van der Waals surface area contributed by atoms with Gasteiger partial charge in [-0.15, -0.1) is 10.2 Å². The molecular formula is C18H19N5O2. The van der Waals surface area contributed by atoms with Crippen LogP contribution in [0.1, 0.15) is 52.8 Å². The summed E-state index contributed by atoms with van der Waals surface area (Å²) in [5.74, 6) is 1.46. The lowest BCUT2D eigenvalue weighted by atomic mass is 9.80. The Morgan fingerprint density at radius 1 is 1.40 bits per heavy atom. The first-order valence-corrected chi connectivity index (χ1v) is 8.51. The van der Waals surface area contributed by atoms with Crippen molar-refractivity contribution >= 4 is 5.91 Å². The normalized spacial score (nSPS) is 25.0. The average molecular weight is 337 g/mol. The largest absolute Gasteiger partial charge is 0.425 e. The molecule has 2 atom stereocenters. The molecule has 1 saturated heterocycles. The van der Waals surface area contributed by atoms with Crippen LogP contribution in [-0.2, 0) is 5.41 Å². The van der Waals surface area contributed by atoms with Crippen molar-refractivity contribution < 1.29 is 9.21 Å². The van der Waals surface area contributed by atoms with Crippen LogP contribution in [0.5, 0.6) is 0 Å². The number of rotatable bonds is 2. The third-order valence-electron chi connectivity index (χ3n) is 5.54. The van der Waals surface area contributed by atoms with Crippen LogP contribution in [0.2, 0.25) is 0 Å². The zero-order chi connectivity index (χ0) is 17.6. The molecule has 2 aromatic rings. The van der Waals surface area contributed by atoms with Gasteiger partial charge in [0.1, 0.15) is 11.8 Å². The Kier molecular flexibility index (Phi) is 3.57. The number of nitrogens with zero attached hydrogens (tertiary/aromatic N) is 5. The Bertz CT molecular complexity index is 884. The molecule has 0 radical (unpaired) electrons. The molecular weight excluding hydrogens is 318 g/mol. The van der Waals surface area contributed by atoms with Crippen molar-refractivity contribution in [3.05, 3.63) is 40.9 Å². The van der Waals surface area contributed by atoms with Gasteiger partial charge in [0.05, 0.1) is 16.7 Å². The van der Waals surface area contributed by atoms with Gasteiger partial charge in [0.25, 0.3) is 5.91 Å². The highest BCUT2D eigenvalue weighted by atomic mass is 16.4. The van der Waals surface area contributed by atoms with E-state index in [0.29, 0.717) is 47.7 Å². The summed E-state index contributed by atoms with van der Waals surface area (Å²) in [4.78, 5) is 19.1. The van der Waals surface area contributed by atoms with Crippen LogP contribution >= 0.6 is 0 Å². The van der Waals surface area contributed by atoms with Gasteiger partial charge in [0.2, 0.25) is 11.8 Å². The molecule has 2 aliphatic rings. The lowest BCUT2D eigenvalue weighted by Crippen LogP contribution is -2.35. The summed E-state index contributed by atoms with van der Waals surface area (Å²) in [7, 11) is 0. The van der Waals surface area contributed by atoms with E-state index in [1.165, 1.54) is 0 Å². The number of aromatic nitrogens is 3. The topological polar surface area (TPSA) is 95.9 Å². The van der Waals surface area contributed by atoms with Gasteiger partial charge in [0, 0.05) is 20.0 Å². The molecule has 3 heterocycles. The number of pyridine rings is 1. The number of fused-ring (bicyclic) bond motifs is 1. The minimum atomic E-state index is -0.224. The van der Waals surface area contributed by atoms with E-state index in [2.05, 4.69) is 21.3 Å². The van der Waals surface area contributed by atoms with Crippen LogP contribution in [0.4, 0.5) is 0 Å². The van der Waals surface area contributed by atoms with E-state index in [4.69, 9.17) is 9.68 Å². The van der Waals surface area contributed by atoms with Gasteiger partial charge < -0.3 is 9.32 Å². The number of likely N-dealkylation sites (tertiary alicyclic amines) is 1. The molecule has 1 aliphatic heterocycles. The van der Waals surface area contributed by atoms with Crippen LogP contribution in [0, 0.1) is 31.1 Å². The Labute approximate surface area is 145 Å². The average Bonchev–Trinajstić information content (AvgIpc) is 3.27. The Balaban J connectivity index is 1.62. The number of carbonyl (C=O) groups is 1. The highest BCUT2D eigenvalue weighted by molar-refractivity contribution is 5.92. The molecule has 128 valence electrons. The van der Waals surface area contributed by atoms with Gasteiger partial charge in [-0.05, 0) is 37.8 Å². The lowest BCUT2D eigenvalue weighted by molar-refractivity contribution is 0.0769. The second kappa shape index (κ2) is 5.66. The van der Waals surface area contributed by atoms with E-state index in [1.54, 1.807) is 26.0 Å². The summed E-state index contributed by atoms with van der Waals surface area (Å²) in [6.45, 7) is 4.80. The molecule has 7 nitrogen and oxygen atoms in total. The fourth-order valence-corrected chi connectivity index (χ4v) is 4.25. The molecule has 0 bridgehead atoms. The fourth-order valence-electron chi connectivity index (χ4n) is 4.25. The van der Waals surface area contributed by atoms with Crippen LogP contribution in [0.15, 0.2) is 16.5 Å². The summed E-state index contributed by atoms with van der Waals surface area (Å²) < 4.78 is 5.74. The molecule has 1 amide bonds. The zero-order valence-corrected chi connectivity index (χ0v) is 14.3. The monoisotopic (exact) mass is 337 g/mol. The van der Waals surface area contributed by atoms with E-state index in [-0.39, 0.29) is 11.3 Å². The summed E-state index contributed by atoms with van der Waals surface area (Å²) >= 11 is 0. The van der Waals surface area contributed by atoms with Crippen molar-refractivity contribution in [2.75, 3.05) is 13.1 Å². The van der Waals surface area contributed by atoms with Crippen molar-refractivity contribution in [2.45, 2.75) is 38.5 Å². The zero-order valence-electron chi connectivity index (χ0n) is 14.3. The number of amides is 1. The van der Waals surface area contributed by atoms with Gasteiger partial charge in [-0.1, -0.05) is 6.42 Å². The Hall–Kier alpha value is -2.75.